The Morgan fingerprint density at radius 2 is 1.50 bits per heavy atom. The Morgan fingerprint density at radius 1 is 0.900 bits per heavy atom. The Balaban J connectivity index is 1.78. The van der Waals surface area contributed by atoms with Crippen LogP contribution in [-0.4, -0.2) is 21.3 Å². The van der Waals surface area contributed by atoms with Crippen LogP contribution in [0.15, 0.2) is 76.5 Å². The largest absolute Gasteiger partial charge is 0.310 e. The SMILES string of the molecule is Cc1ccc(SOCCC(c2ccc(S(C)(=O)=O)cc2)c2cc(F)cc(F)c2)cc1. The van der Waals surface area contributed by atoms with E-state index in [4.69, 9.17) is 4.18 Å². The molecule has 3 nitrogen and oxygen atoms in total. The molecule has 0 radical (unpaired) electrons. The first-order valence-corrected chi connectivity index (χ1v) is 12.0. The molecule has 0 aliphatic rings. The van der Waals surface area contributed by atoms with Crippen molar-refractivity contribution >= 4 is 21.9 Å². The van der Waals surface area contributed by atoms with Crippen LogP contribution in [-0.2, 0) is 14.0 Å². The molecule has 0 saturated carbocycles. The van der Waals surface area contributed by atoms with E-state index < -0.39 is 21.5 Å². The van der Waals surface area contributed by atoms with Gasteiger partial charge in [-0.05, 0) is 60.9 Å². The second kappa shape index (κ2) is 9.73. The molecule has 0 aliphatic heterocycles. The van der Waals surface area contributed by atoms with Gasteiger partial charge < -0.3 is 4.18 Å². The molecule has 0 saturated heterocycles. The predicted octanol–water partition coefficient (Wildman–Crippen LogP) is 5.92. The van der Waals surface area contributed by atoms with Gasteiger partial charge in [-0.25, -0.2) is 17.2 Å². The number of hydrogen-bond acceptors (Lipinski definition) is 4. The third-order valence-corrected chi connectivity index (χ3v) is 6.54. The predicted molar refractivity (Wildman–Crippen MR) is 115 cm³/mol. The highest BCUT2D eigenvalue weighted by Crippen LogP contribution is 2.31. The fraction of sp³-hybridized carbons (Fsp3) is 0.217. The van der Waals surface area contributed by atoms with Crippen molar-refractivity contribution in [3.05, 3.63) is 95.1 Å². The quantitative estimate of drug-likeness (QED) is 0.317. The van der Waals surface area contributed by atoms with Gasteiger partial charge in [0.25, 0.3) is 0 Å². The van der Waals surface area contributed by atoms with Crippen LogP contribution >= 0.6 is 12.0 Å². The lowest BCUT2D eigenvalue weighted by Gasteiger charge is -2.18. The number of rotatable bonds is 8. The van der Waals surface area contributed by atoms with E-state index in [1.165, 1.54) is 36.3 Å². The molecule has 0 fully saturated rings. The van der Waals surface area contributed by atoms with Gasteiger partial charge in [0.15, 0.2) is 9.84 Å². The summed E-state index contributed by atoms with van der Waals surface area (Å²) in [6.45, 7) is 2.35. The van der Waals surface area contributed by atoms with E-state index in [1.807, 2.05) is 31.2 Å². The topological polar surface area (TPSA) is 43.4 Å². The minimum absolute atomic E-state index is 0.196. The fourth-order valence-electron chi connectivity index (χ4n) is 3.12. The van der Waals surface area contributed by atoms with Crippen molar-refractivity contribution in [1.29, 1.82) is 0 Å². The molecule has 158 valence electrons. The number of hydrogen-bond donors (Lipinski definition) is 0. The number of halogens is 2. The fourth-order valence-corrected chi connectivity index (χ4v) is 4.31. The lowest BCUT2D eigenvalue weighted by atomic mass is 9.89. The van der Waals surface area contributed by atoms with Crippen LogP contribution in [0.25, 0.3) is 0 Å². The Hall–Kier alpha value is -2.22. The molecule has 1 unspecified atom stereocenters. The van der Waals surface area contributed by atoms with E-state index in [2.05, 4.69) is 0 Å². The van der Waals surface area contributed by atoms with Gasteiger partial charge in [-0.15, -0.1) is 0 Å². The Bertz CT molecular complexity index is 1080. The summed E-state index contributed by atoms with van der Waals surface area (Å²) in [6.07, 6.45) is 1.61. The standard InChI is InChI=1S/C23H22F2O3S2/c1-16-3-7-21(8-4-16)29-28-12-11-23(18-13-19(24)15-20(25)14-18)17-5-9-22(10-6-17)30(2,26)27/h3-10,13-15,23H,11-12H2,1-2H3. The average molecular weight is 449 g/mol. The molecule has 3 aromatic carbocycles. The molecule has 3 aromatic rings. The molecule has 0 aliphatic carbocycles. The maximum absolute atomic E-state index is 13.8. The first-order chi connectivity index (χ1) is 14.2. The van der Waals surface area contributed by atoms with E-state index in [0.29, 0.717) is 18.6 Å². The van der Waals surface area contributed by atoms with Gasteiger partial charge in [0.2, 0.25) is 0 Å². The van der Waals surface area contributed by atoms with Crippen LogP contribution < -0.4 is 0 Å². The summed E-state index contributed by atoms with van der Waals surface area (Å²) in [4.78, 5) is 1.16. The lowest BCUT2D eigenvalue weighted by Crippen LogP contribution is -2.06. The summed E-state index contributed by atoms with van der Waals surface area (Å²) in [6, 6.07) is 17.7. The molecule has 30 heavy (non-hydrogen) atoms. The highest BCUT2D eigenvalue weighted by Gasteiger charge is 2.18. The monoisotopic (exact) mass is 448 g/mol. The van der Waals surface area contributed by atoms with Gasteiger partial charge >= 0.3 is 0 Å². The number of benzene rings is 3. The maximum Gasteiger partial charge on any atom is 0.175 e. The Kier molecular flexibility index (Phi) is 7.28. The second-order valence-electron chi connectivity index (χ2n) is 7.10. The summed E-state index contributed by atoms with van der Waals surface area (Å²) in [5, 5.41) is 0. The van der Waals surface area contributed by atoms with Crippen LogP contribution in [0, 0.1) is 18.6 Å². The van der Waals surface area contributed by atoms with E-state index in [1.54, 1.807) is 12.1 Å². The van der Waals surface area contributed by atoms with E-state index in [9.17, 15) is 17.2 Å². The molecule has 0 N–H and O–H groups in total. The van der Waals surface area contributed by atoms with E-state index >= 15 is 0 Å². The molecule has 0 amide bonds. The lowest BCUT2D eigenvalue weighted by molar-refractivity contribution is 0.354. The van der Waals surface area contributed by atoms with Gasteiger partial charge in [-0.3, -0.25) is 0 Å². The van der Waals surface area contributed by atoms with E-state index in [0.717, 1.165) is 28.3 Å². The highest BCUT2D eigenvalue weighted by atomic mass is 32.2. The van der Waals surface area contributed by atoms with Crippen molar-refractivity contribution in [2.24, 2.45) is 0 Å². The van der Waals surface area contributed by atoms with Crippen LogP contribution in [0.5, 0.6) is 0 Å². The minimum atomic E-state index is -3.33. The molecule has 7 heteroatoms. The van der Waals surface area contributed by atoms with Gasteiger partial charge in [0, 0.05) is 35.2 Å². The van der Waals surface area contributed by atoms with Crippen LogP contribution in [0.1, 0.15) is 29.0 Å². The number of aryl methyl sites for hydroxylation is 1. The molecule has 0 bridgehead atoms. The maximum atomic E-state index is 13.8. The van der Waals surface area contributed by atoms with Crippen LogP contribution in [0.4, 0.5) is 8.78 Å². The molecule has 0 heterocycles. The van der Waals surface area contributed by atoms with E-state index in [-0.39, 0.29) is 10.8 Å². The third-order valence-electron chi connectivity index (χ3n) is 4.66. The summed E-state index contributed by atoms with van der Waals surface area (Å²) < 4.78 is 56.8. The molecular weight excluding hydrogens is 426 g/mol. The Labute approximate surface area is 180 Å². The van der Waals surface area contributed by atoms with Crippen molar-refractivity contribution < 1.29 is 21.4 Å². The van der Waals surface area contributed by atoms with Crippen LogP contribution in [0.3, 0.4) is 0 Å². The molecule has 1 atom stereocenters. The highest BCUT2D eigenvalue weighted by molar-refractivity contribution is 7.94. The zero-order chi connectivity index (χ0) is 21.7. The third kappa shape index (κ3) is 6.14. The second-order valence-corrected chi connectivity index (χ2v) is 9.99. The molecular formula is C23H22F2O3S2. The van der Waals surface area contributed by atoms with Crippen molar-refractivity contribution in [2.45, 2.75) is 29.1 Å². The first kappa shape index (κ1) is 22.5. The van der Waals surface area contributed by atoms with Gasteiger partial charge in [-0.2, -0.15) is 0 Å². The summed E-state index contributed by atoms with van der Waals surface area (Å²) in [7, 11) is -3.33. The summed E-state index contributed by atoms with van der Waals surface area (Å²) in [5.74, 6) is -1.65. The first-order valence-electron chi connectivity index (χ1n) is 9.34. The van der Waals surface area contributed by atoms with Crippen molar-refractivity contribution in [3.63, 3.8) is 0 Å². The Morgan fingerprint density at radius 3 is 2.07 bits per heavy atom. The normalized spacial score (nSPS) is 12.7. The van der Waals surface area contributed by atoms with Gasteiger partial charge in [0.05, 0.1) is 11.5 Å². The zero-order valence-electron chi connectivity index (χ0n) is 16.6. The smallest absolute Gasteiger partial charge is 0.175 e. The summed E-state index contributed by atoms with van der Waals surface area (Å²) in [5.41, 5.74) is 2.39. The minimum Gasteiger partial charge on any atom is -0.310 e. The van der Waals surface area contributed by atoms with Crippen molar-refractivity contribution in [3.8, 4) is 0 Å². The van der Waals surface area contributed by atoms with Gasteiger partial charge in [0.1, 0.15) is 11.6 Å². The number of sulfone groups is 1. The van der Waals surface area contributed by atoms with Crippen molar-refractivity contribution in [1.82, 2.24) is 0 Å². The van der Waals surface area contributed by atoms with Gasteiger partial charge in [-0.1, -0.05) is 29.8 Å². The van der Waals surface area contributed by atoms with Crippen molar-refractivity contribution in [2.75, 3.05) is 12.9 Å². The molecule has 0 spiro atoms. The average Bonchev–Trinajstić information content (AvgIpc) is 2.68. The zero-order valence-corrected chi connectivity index (χ0v) is 18.3. The molecule has 0 aromatic heterocycles. The summed E-state index contributed by atoms with van der Waals surface area (Å²) >= 11 is 1.25. The van der Waals surface area contributed by atoms with Crippen LogP contribution in [0.2, 0.25) is 0 Å². The molecule has 3 rings (SSSR count).